The molecule has 0 atom stereocenters. The fourth-order valence-corrected chi connectivity index (χ4v) is 2.01. The highest BCUT2D eigenvalue weighted by Crippen LogP contribution is 2.09. The van der Waals surface area contributed by atoms with Gasteiger partial charge in [0.1, 0.15) is 5.82 Å². The monoisotopic (exact) mass is 439 g/mol. The van der Waals surface area contributed by atoms with Gasteiger partial charge in [-0.2, -0.15) is 0 Å². The average Bonchev–Trinajstić information content (AvgIpc) is 2.47. The summed E-state index contributed by atoms with van der Waals surface area (Å²) in [7, 11) is 0. The third-order valence-electron chi connectivity index (χ3n) is 3.07. The summed E-state index contributed by atoms with van der Waals surface area (Å²) in [5.74, 6) is 0.692. The van der Waals surface area contributed by atoms with Gasteiger partial charge in [-0.1, -0.05) is 18.2 Å². The zero-order chi connectivity index (χ0) is 16.7. The number of benzene rings is 1. The van der Waals surface area contributed by atoms with Gasteiger partial charge in [-0.3, -0.25) is 9.79 Å². The van der Waals surface area contributed by atoms with Crippen molar-refractivity contribution in [3.8, 4) is 0 Å². The van der Waals surface area contributed by atoms with E-state index in [4.69, 9.17) is 5.73 Å². The van der Waals surface area contributed by atoms with Crippen molar-refractivity contribution in [1.82, 2.24) is 4.98 Å². The number of nitrogens with one attached hydrogen (secondary N) is 2. The number of aryl methyl sites for hydroxylation is 2. The average molecular weight is 439 g/mol. The second-order valence-corrected chi connectivity index (χ2v) is 5.22. The molecule has 0 bridgehead atoms. The predicted molar refractivity (Wildman–Crippen MR) is 109 cm³/mol. The molecule has 0 unspecified atom stereocenters. The van der Waals surface area contributed by atoms with Crippen LogP contribution < -0.4 is 16.4 Å². The Labute approximate surface area is 159 Å². The number of rotatable bonds is 5. The minimum Gasteiger partial charge on any atom is -0.370 e. The molecule has 7 heteroatoms. The van der Waals surface area contributed by atoms with Crippen LogP contribution in [-0.4, -0.2) is 23.4 Å². The van der Waals surface area contributed by atoms with Gasteiger partial charge in [-0.05, 0) is 43.7 Å². The summed E-state index contributed by atoms with van der Waals surface area (Å²) >= 11 is 0. The van der Waals surface area contributed by atoms with Gasteiger partial charge in [-0.25, -0.2) is 4.98 Å². The van der Waals surface area contributed by atoms with Crippen LogP contribution in [0.5, 0.6) is 0 Å². The largest absolute Gasteiger partial charge is 0.370 e. The van der Waals surface area contributed by atoms with Gasteiger partial charge in [0.2, 0.25) is 5.91 Å². The first-order chi connectivity index (χ1) is 11.0. The van der Waals surface area contributed by atoms with Crippen LogP contribution in [0.1, 0.15) is 17.7 Å². The number of nitrogens with two attached hydrogens (primary N) is 1. The number of anilines is 2. The number of carbonyl (C=O) groups excluding carboxylic acids is 1. The molecule has 1 amide bonds. The Hall–Kier alpha value is -2.16. The fourth-order valence-electron chi connectivity index (χ4n) is 2.01. The van der Waals surface area contributed by atoms with Crippen molar-refractivity contribution >= 4 is 47.3 Å². The number of aromatic nitrogens is 1. The van der Waals surface area contributed by atoms with E-state index in [0.717, 1.165) is 16.9 Å². The fraction of sp³-hybridized carbons (Fsp3) is 0.235. The maximum absolute atomic E-state index is 11.8. The SMILES string of the molecule is Cc1cccc(NC(N)=NCCC(=O)Nc2cccc(C)n2)c1.I. The minimum absolute atomic E-state index is 0. The molecule has 1 aromatic carbocycles. The van der Waals surface area contributed by atoms with Crippen LogP contribution in [0.3, 0.4) is 0 Å². The van der Waals surface area contributed by atoms with Gasteiger partial charge in [0.25, 0.3) is 0 Å². The van der Waals surface area contributed by atoms with Gasteiger partial charge >= 0.3 is 0 Å². The van der Waals surface area contributed by atoms with Crippen LogP contribution in [0.15, 0.2) is 47.5 Å². The molecule has 0 spiro atoms. The van der Waals surface area contributed by atoms with Gasteiger partial charge in [0.05, 0.1) is 6.54 Å². The van der Waals surface area contributed by atoms with E-state index in [9.17, 15) is 4.79 Å². The molecule has 128 valence electrons. The minimum atomic E-state index is -0.143. The second kappa shape index (κ2) is 9.86. The maximum atomic E-state index is 11.8. The summed E-state index contributed by atoms with van der Waals surface area (Å²) in [4.78, 5) is 20.2. The molecule has 6 nitrogen and oxygen atoms in total. The predicted octanol–water partition coefficient (Wildman–Crippen LogP) is 3.07. The molecule has 0 aliphatic heterocycles. The Morgan fingerprint density at radius 2 is 1.92 bits per heavy atom. The topological polar surface area (TPSA) is 92.4 Å². The molecule has 0 aliphatic rings. The number of guanidine groups is 1. The lowest BCUT2D eigenvalue weighted by atomic mass is 10.2. The van der Waals surface area contributed by atoms with Crippen molar-refractivity contribution in [3.63, 3.8) is 0 Å². The van der Waals surface area contributed by atoms with Crippen molar-refractivity contribution in [2.24, 2.45) is 10.7 Å². The molecular formula is C17H22IN5O. The zero-order valence-corrected chi connectivity index (χ0v) is 16.1. The summed E-state index contributed by atoms with van der Waals surface area (Å²) in [6.45, 7) is 4.18. The molecule has 2 rings (SSSR count). The molecule has 1 heterocycles. The number of nitrogens with zero attached hydrogens (tertiary/aromatic N) is 2. The molecule has 24 heavy (non-hydrogen) atoms. The van der Waals surface area contributed by atoms with E-state index in [-0.39, 0.29) is 42.3 Å². The van der Waals surface area contributed by atoms with E-state index in [1.165, 1.54) is 0 Å². The van der Waals surface area contributed by atoms with Crippen molar-refractivity contribution in [1.29, 1.82) is 0 Å². The van der Waals surface area contributed by atoms with Crippen molar-refractivity contribution < 1.29 is 4.79 Å². The standard InChI is InChI=1S/C17H21N5O.HI/c1-12-5-3-7-14(11-12)21-17(18)19-10-9-16(23)22-15-8-4-6-13(2)20-15;/h3-8,11H,9-10H2,1-2H3,(H3,18,19,21)(H,20,22,23);1H. The van der Waals surface area contributed by atoms with Crippen LogP contribution in [0.2, 0.25) is 0 Å². The summed E-state index contributed by atoms with van der Waals surface area (Å²) in [5.41, 5.74) is 8.67. The van der Waals surface area contributed by atoms with Crippen LogP contribution in [0.4, 0.5) is 11.5 Å². The van der Waals surface area contributed by atoms with Crippen LogP contribution in [0, 0.1) is 13.8 Å². The van der Waals surface area contributed by atoms with Gasteiger partial charge in [0.15, 0.2) is 5.96 Å². The molecule has 0 aliphatic carbocycles. The summed E-state index contributed by atoms with van der Waals surface area (Å²) in [6, 6.07) is 13.3. The normalized spacial score (nSPS) is 10.7. The van der Waals surface area contributed by atoms with Crippen LogP contribution >= 0.6 is 24.0 Å². The molecular weight excluding hydrogens is 417 g/mol. The Morgan fingerprint density at radius 1 is 1.17 bits per heavy atom. The highest BCUT2D eigenvalue weighted by atomic mass is 127. The number of hydrogen-bond acceptors (Lipinski definition) is 3. The highest BCUT2D eigenvalue weighted by molar-refractivity contribution is 14.0. The van der Waals surface area contributed by atoms with Crippen molar-refractivity contribution in [2.45, 2.75) is 20.3 Å². The smallest absolute Gasteiger partial charge is 0.227 e. The summed E-state index contributed by atoms with van der Waals surface area (Å²) < 4.78 is 0. The number of pyridine rings is 1. The molecule has 0 fully saturated rings. The molecule has 0 saturated carbocycles. The van der Waals surface area contributed by atoms with E-state index in [2.05, 4.69) is 20.6 Å². The Bertz CT molecular complexity index is 718. The van der Waals surface area contributed by atoms with E-state index in [1.54, 1.807) is 6.07 Å². The lowest BCUT2D eigenvalue weighted by Crippen LogP contribution is -2.23. The quantitative estimate of drug-likeness (QED) is 0.379. The van der Waals surface area contributed by atoms with Gasteiger partial charge in [0, 0.05) is 17.8 Å². The molecule has 1 aromatic heterocycles. The van der Waals surface area contributed by atoms with E-state index in [0.29, 0.717) is 12.4 Å². The van der Waals surface area contributed by atoms with Crippen molar-refractivity contribution in [2.75, 3.05) is 17.2 Å². The maximum Gasteiger partial charge on any atom is 0.227 e. The van der Waals surface area contributed by atoms with Crippen LogP contribution in [-0.2, 0) is 4.79 Å². The molecule has 2 aromatic rings. The third kappa shape index (κ3) is 6.95. The zero-order valence-electron chi connectivity index (χ0n) is 13.7. The first-order valence-corrected chi connectivity index (χ1v) is 7.40. The van der Waals surface area contributed by atoms with E-state index >= 15 is 0 Å². The summed E-state index contributed by atoms with van der Waals surface area (Å²) in [6.07, 6.45) is 0.242. The first kappa shape index (κ1) is 19.9. The van der Waals surface area contributed by atoms with Gasteiger partial charge < -0.3 is 16.4 Å². The Balaban J connectivity index is 0.00000288. The molecule has 0 saturated heterocycles. The number of aliphatic imine (C=N–C) groups is 1. The van der Waals surface area contributed by atoms with Crippen molar-refractivity contribution in [3.05, 3.63) is 53.7 Å². The number of amides is 1. The lowest BCUT2D eigenvalue weighted by molar-refractivity contribution is -0.116. The number of halogens is 1. The molecule has 4 N–H and O–H groups in total. The summed E-state index contributed by atoms with van der Waals surface area (Å²) in [5, 5.41) is 5.73. The number of carbonyl (C=O) groups is 1. The second-order valence-electron chi connectivity index (χ2n) is 5.22. The van der Waals surface area contributed by atoms with Crippen LogP contribution in [0.25, 0.3) is 0 Å². The Morgan fingerprint density at radius 3 is 2.62 bits per heavy atom. The van der Waals surface area contributed by atoms with E-state index < -0.39 is 0 Å². The first-order valence-electron chi connectivity index (χ1n) is 7.40. The van der Waals surface area contributed by atoms with E-state index in [1.807, 2.05) is 50.2 Å². The van der Waals surface area contributed by atoms with Gasteiger partial charge in [-0.15, -0.1) is 24.0 Å². The number of hydrogen-bond donors (Lipinski definition) is 3. The Kier molecular flexibility index (Phi) is 8.17. The third-order valence-corrected chi connectivity index (χ3v) is 3.07. The highest BCUT2D eigenvalue weighted by Gasteiger charge is 2.03. The lowest BCUT2D eigenvalue weighted by Gasteiger charge is -2.07. The molecule has 0 radical (unpaired) electrons.